The van der Waals surface area contributed by atoms with Crippen molar-refractivity contribution < 1.29 is 13.5 Å². The number of anilines is 1. The quantitative estimate of drug-likeness (QED) is 0.661. The van der Waals surface area contributed by atoms with Crippen LogP contribution in [0.2, 0.25) is 0 Å². The van der Waals surface area contributed by atoms with Crippen LogP contribution < -0.4 is 16.0 Å². The van der Waals surface area contributed by atoms with Crippen LogP contribution in [0.5, 0.6) is 11.6 Å². The van der Waals surface area contributed by atoms with Gasteiger partial charge < -0.3 is 10.2 Å². The summed E-state index contributed by atoms with van der Waals surface area (Å²) in [5.41, 5.74) is 4.68. The Balaban J connectivity index is 2.33. The molecule has 0 atom stereocenters. The number of hydrazine groups is 1. The topological polar surface area (TPSA) is 60.2 Å². The van der Waals surface area contributed by atoms with Crippen LogP contribution in [0.1, 0.15) is 11.3 Å². The lowest BCUT2D eigenvalue weighted by Crippen LogP contribution is -2.11. The van der Waals surface area contributed by atoms with Gasteiger partial charge in [-0.1, -0.05) is 0 Å². The van der Waals surface area contributed by atoms with Crippen molar-refractivity contribution in [3.05, 3.63) is 47.2 Å². The third-order valence-corrected chi connectivity index (χ3v) is 2.58. The van der Waals surface area contributed by atoms with E-state index in [2.05, 4.69) is 10.4 Å². The summed E-state index contributed by atoms with van der Waals surface area (Å²) in [4.78, 5) is 4.15. The fourth-order valence-corrected chi connectivity index (χ4v) is 1.77. The SMILES string of the molecule is Cc1cc(Oc2cc(F)cc(F)c2)nc(C)c1NN. The molecule has 1 heterocycles. The molecule has 0 saturated heterocycles. The number of benzene rings is 1. The van der Waals surface area contributed by atoms with Gasteiger partial charge in [0.15, 0.2) is 0 Å². The van der Waals surface area contributed by atoms with E-state index in [1.807, 2.05) is 6.92 Å². The standard InChI is InChI=1S/C13H13F2N3O/c1-7-3-12(17-8(2)13(7)18-16)19-11-5-9(14)4-10(15)6-11/h3-6,18H,16H2,1-2H3. The molecule has 0 amide bonds. The van der Waals surface area contributed by atoms with E-state index in [-0.39, 0.29) is 11.6 Å². The molecule has 4 nitrogen and oxygen atoms in total. The normalized spacial score (nSPS) is 10.4. The van der Waals surface area contributed by atoms with Gasteiger partial charge in [-0.2, -0.15) is 0 Å². The lowest BCUT2D eigenvalue weighted by atomic mass is 10.2. The van der Waals surface area contributed by atoms with E-state index < -0.39 is 11.6 Å². The fraction of sp³-hybridized carbons (Fsp3) is 0.154. The molecule has 0 saturated carbocycles. The second-order valence-electron chi connectivity index (χ2n) is 4.09. The van der Waals surface area contributed by atoms with Crippen molar-refractivity contribution in [2.45, 2.75) is 13.8 Å². The molecule has 0 aliphatic heterocycles. The number of nitrogens with one attached hydrogen (secondary N) is 1. The van der Waals surface area contributed by atoms with Gasteiger partial charge in [0.05, 0.1) is 11.4 Å². The van der Waals surface area contributed by atoms with Gasteiger partial charge in [-0.25, -0.2) is 13.8 Å². The van der Waals surface area contributed by atoms with E-state index >= 15 is 0 Å². The highest BCUT2D eigenvalue weighted by Gasteiger charge is 2.08. The maximum Gasteiger partial charge on any atom is 0.219 e. The van der Waals surface area contributed by atoms with E-state index in [1.165, 1.54) is 0 Å². The number of aryl methyl sites for hydroxylation is 2. The first-order valence-electron chi connectivity index (χ1n) is 5.58. The Morgan fingerprint density at radius 2 is 1.74 bits per heavy atom. The minimum atomic E-state index is -0.705. The molecular formula is C13H13F2N3O. The number of hydrogen-bond donors (Lipinski definition) is 2. The number of aromatic nitrogens is 1. The summed E-state index contributed by atoms with van der Waals surface area (Å²) in [6, 6.07) is 4.58. The molecular weight excluding hydrogens is 252 g/mol. The van der Waals surface area contributed by atoms with Crippen LogP contribution in [0.3, 0.4) is 0 Å². The van der Waals surface area contributed by atoms with Crippen LogP contribution >= 0.6 is 0 Å². The van der Waals surface area contributed by atoms with Gasteiger partial charge in [0.2, 0.25) is 5.88 Å². The Morgan fingerprint density at radius 1 is 1.11 bits per heavy atom. The van der Waals surface area contributed by atoms with E-state index in [1.54, 1.807) is 13.0 Å². The summed E-state index contributed by atoms with van der Waals surface area (Å²) in [6.07, 6.45) is 0. The van der Waals surface area contributed by atoms with Gasteiger partial charge in [-0.15, -0.1) is 0 Å². The third kappa shape index (κ3) is 2.97. The minimum absolute atomic E-state index is 0.0530. The maximum atomic E-state index is 13.0. The summed E-state index contributed by atoms with van der Waals surface area (Å²) in [7, 11) is 0. The summed E-state index contributed by atoms with van der Waals surface area (Å²) in [5.74, 6) is 4.26. The summed E-state index contributed by atoms with van der Waals surface area (Å²) in [6.45, 7) is 3.57. The Labute approximate surface area is 109 Å². The van der Waals surface area contributed by atoms with Crippen molar-refractivity contribution in [1.29, 1.82) is 0 Å². The molecule has 0 aliphatic carbocycles. The molecule has 1 aromatic heterocycles. The van der Waals surface area contributed by atoms with Gasteiger partial charge >= 0.3 is 0 Å². The first-order chi connectivity index (χ1) is 8.99. The van der Waals surface area contributed by atoms with Crippen molar-refractivity contribution in [2.24, 2.45) is 5.84 Å². The first-order valence-corrected chi connectivity index (χ1v) is 5.58. The minimum Gasteiger partial charge on any atom is -0.439 e. The first kappa shape index (κ1) is 13.2. The molecule has 1 aromatic carbocycles. The van der Waals surface area contributed by atoms with Crippen molar-refractivity contribution in [3.63, 3.8) is 0 Å². The van der Waals surface area contributed by atoms with Crippen LogP contribution in [0, 0.1) is 25.5 Å². The number of ether oxygens (including phenoxy) is 1. The molecule has 0 spiro atoms. The molecule has 2 rings (SSSR count). The summed E-state index contributed by atoms with van der Waals surface area (Å²) in [5, 5.41) is 0. The highest BCUT2D eigenvalue weighted by Crippen LogP contribution is 2.26. The van der Waals surface area contributed by atoms with Crippen molar-refractivity contribution >= 4 is 5.69 Å². The fourth-order valence-electron chi connectivity index (χ4n) is 1.77. The molecule has 3 N–H and O–H groups in total. The van der Waals surface area contributed by atoms with Gasteiger partial charge in [0.25, 0.3) is 0 Å². The van der Waals surface area contributed by atoms with E-state index in [0.29, 0.717) is 11.4 Å². The lowest BCUT2D eigenvalue weighted by molar-refractivity contribution is 0.450. The number of nitrogens with zero attached hydrogens (tertiary/aromatic N) is 1. The Hall–Kier alpha value is -2.21. The van der Waals surface area contributed by atoms with Gasteiger partial charge in [-0.3, -0.25) is 5.84 Å². The van der Waals surface area contributed by atoms with Crippen LogP contribution in [0.15, 0.2) is 24.3 Å². The number of halogens is 2. The van der Waals surface area contributed by atoms with Gasteiger partial charge in [0.1, 0.15) is 17.4 Å². The molecule has 0 fully saturated rings. The molecule has 100 valence electrons. The smallest absolute Gasteiger partial charge is 0.219 e. The third-order valence-electron chi connectivity index (χ3n) is 2.58. The predicted molar refractivity (Wildman–Crippen MR) is 68.0 cm³/mol. The average molecular weight is 265 g/mol. The predicted octanol–water partition coefficient (Wildman–Crippen LogP) is 3.05. The maximum absolute atomic E-state index is 13.0. The monoisotopic (exact) mass is 265 g/mol. The van der Waals surface area contributed by atoms with Crippen molar-refractivity contribution in [1.82, 2.24) is 4.98 Å². The second-order valence-corrected chi connectivity index (χ2v) is 4.09. The van der Waals surface area contributed by atoms with Crippen molar-refractivity contribution in [3.8, 4) is 11.6 Å². The molecule has 0 radical (unpaired) electrons. The number of nitrogen functional groups attached to an aromatic ring is 1. The highest BCUT2D eigenvalue weighted by molar-refractivity contribution is 5.54. The van der Waals surface area contributed by atoms with Crippen LogP contribution in [-0.4, -0.2) is 4.98 Å². The molecule has 2 aromatic rings. The van der Waals surface area contributed by atoms with Crippen LogP contribution in [0.25, 0.3) is 0 Å². The average Bonchev–Trinajstić information content (AvgIpc) is 2.26. The summed E-state index contributed by atoms with van der Waals surface area (Å²) >= 11 is 0. The molecule has 0 aliphatic rings. The Kier molecular flexibility index (Phi) is 3.62. The second kappa shape index (κ2) is 5.19. The zero-order valence-electron chi connectivity index (χ0n) is 10.5. The van der Waals surface area contributed by atoms with Crippen LogP contribution in [-0.2, 0) is 0 Å². The molecule has 0 unspecified atom stereocenters. The number of pyridine rings is 1. The van der Waals surface area contributed by atoms with E-state index in [0.717, 1.165) is 23.8 Å². The van der Waals surface area contributed by atoms with Crippen LogP contribution in [0.4, 0.5) is 14.5 Å². The molecule has 6 heteroatoms. The number of hydrogen-bond acceptors (Lipinski definition) is 4. The molecule has 19 heavy (non-hydrogen) atoms. The summed E-state index contributed by atoms with van der Waals surface area (Å²) < 4.78 is 31.4. The number of rotatable bonds is 3. The van der Waals surface area contributed by atoms with Gasteiger partial charge in [-0.05, 0) is 19.4 Å². The lowest BCUT2D eigenvalue weighted by Gasteiger charge is -2.11. The Morgan fingerprint density at radius 3 is 2.26 bits per heavy atom. The van der Waals surface area contributed by atoms with E-state index in [9.17, 15) is 8.78 Å². The van der Waals surface area contributed by atoms with Crippen molar-refractivity contribution in [2.75, 3.05) is 5.43 Å². The Bertz CT molecular complexity index is 574. The number of nitrogens with two attached hydrogens (primary N) is 1. The largest absolute Gasteiger partial charge is 0.439 e. The zero-order valence-corrected chi connectivity index (χ0v) is 10.5. The van der Waals surface area contributed by atoms with E-state index in [4.69, 9.17) is 10.6 Å². The zero-order chi connectivity index (χ0) is 14.0. The highest BCUT2D eigenvalue weighted by atomic mass is 19.1. The molecule has 0 bridgehead atoms. The van der Waals surface area contributed by atoms with Gasteiger partial charge in [0, 0.05) is 24.3 Å².